The summed E-state index contributed by atoms with van der Waals surface area (Å²) in [4.78, 5) is 27.5. The van der Waals surface area contributed by atoms with E-state index in [9.17, 15) is 14.9 Å². The van der Waals surface area contributed by atoms with E-state index in [0.717, 1.165) is 13.1 Å². The molecule has 102 valence electrons. The van der Waals surface area contributed by atoms with Crippen molar-refractivity contribution >= 4 is 17.4 Å². The molecule has 2 rings (SSSR count). The second kappa shape index (κ2) is 6.10. The largest absolute Gasteiger partial charge is 0.386 e. The molecule has 0 bridgehead atoms. The monoisotopic (exact) mass is 265 g/mol. The lowest BCUT2D eigenvalue weighted by molar-refractivity contribution is -0.388. The number of carbonyl (C=O) groups is 1. The zero-order chi connectivity index (χ0) is 13.7. The van der Waals surface area contributed by atoms with E-state index in [1.165, 1.54) is 12.3 Å². The predicted octanol–water partition coefficient (Wildman–Crippen LogP) is -0.167. The molecule has 19 heavy (non-hydrogen) atoms. The minimum absolute atomic E-state index is 0.0343. The van der Waals surface area contributed by atoms with Gasteiger partial charge in [-0.3, -0.25) is 4.79 Å². The quantitative estimate of drug-likeness (QED) is 0.579. The molecule has 1 amide bonds. The van der Waals surface area contributed by atoms with Crippen molar-refractivity contribution < 1.29 is 9.72 Å². The van der Waals surface area contributed by atoms with Crippen LogP contribution in [0.5, 0.6) is 0 Å². The third-order valence-corrected chi connectivity index (χ3v) is 2.86. The van der Waals surface area contributed by atoms with Crippen LogP contribution in [0.4, 0.5) is 11.5 Å². The van der Waals surface area contributed by atoms with Crippen LogP contribution in [0.2, 0.25) is 0 Å². The van der Waals surface area contributed by atoms with Gasteiger partial charge in [0, 0.05) is 26.2 Å². The molecule has 0 atom stereocenters. The fourth-order valence-electron chi connectivity index (χ4n) is 1.88. The van der Waals surface area contributed by atoms with Gasteiger partial charge in [-0.05, 0) is 22.0 Å². The Kier molecular flexibility index (Phi) is 4.24. The Labute approximate surface area is 110 Å². The molecular weight excluding hydrogens is 250 g/mol. The highest BCUT2D eigenvalue weighted by molar-refractivity contribution is 5.81. The van der Waals surface area contributed by atoms with Crippen molar-refractivity contribution in [3.8, 4) is 0 Å². The number of rotatable bonds is 4. The zero-order valence-electron chi connectivity index (χ0n) is 10.3. The van der Waals surface area contributed by atoms with E-state index in [-0.39, 0.29) is 24.0 Å². The molecule has 8 heteroatoms. The average molecular weight is 265 g/mol. The summed E-state index contributed by atoms with van der Waals surface area (Å²) in [6.45, 7) is 2.91. The van der Waals surface area contributed by atoms with E-state index in [4.69, 9.17) is 0 Å². The van der Waals surface area contributed by atoms with Gasteiger partial charge in [0.25, 0.3) is 0 Å². The van der Waals surface area contributed by atoms with Crippen molar-refractivity contribution in [1.29, 1.82) is 0 Å². The first-order valence-corrected chi connectivity index (χ1v) is 6.00. The number of nitrogens with zero attached hydrogens (tertiary/aromatic N) is 3. The summed E-state index contributed by atoms with van der Waals surface area (Å²) >= 11 is 0. The summed E-state index contributed by atoms with van der Waals surface area (Å²) in [7, 11) is 0. The van der Waals surface area contributed by atoms with Gasteiger partial charge in [0.05, 0.1) is 6.54 Å². The van der Waals surface area contributed by atoms with Crippen LogP contribution in [-0.2, 0) is 4.79 Å². The maximum absolute atomic E-state index is 11.9. The van der Waals surface area contributed by atoms with Crippen LogP contribution in [-0.4, -0.2) is 53.4 Å². The number of amides is 1. The fourth-order valence-corrected chi connectivity index (χ4v) is 1.88. The Balaban J connectivity index is 1.94. The van der Waals surface area contributed by atoms with Crippen LogP contribution in [0.15, 0.2) is 18.3 Å². The second-order valence-corrected chi connectivity index (χ2v) is 4.12. The molecule has 0 saturated carbocycles. The van der Waals surface area contributed by atoms with Crippen LogP contribution in [0.3, 0.4) is 0 Å². The van der Waals surface area contributed by atoms with Gasteiger partial charge < -0.3 is 25.6 Å². The first kappa shape index (κ1) is 13.2. The molecule has 0 aliphatic carbocycles. The SMILES string of the molecule is O=C(CNc1cccnc1[N+](=O)[O-])N1CCNCC1. The van der Waals surface area contributed by atoms with Crippen LogP contribution in [0.25, 0.3) is 0 Å². The molecule has 8 nitrogen and oxygen atoms in total. The highest BCUT2D eigenvalue weighted by Gasteiger charge is 2.18. The number of nitrogens with one attached hydrogen (secondary N) is 2. The lowest BCUT2D eigenvalue weighted by atomic mass is 10.3. The molecule has 2 heterocycles. The molecular formula is C11H15N5O3. The fraction of sp³-hybridized carbons (Fsp3) is 0.455. The average Bonchev–Trinajstić information content (AvgIpc) is 2.46. The number of carbonyl (C=O) groups excluding carboxylic acids is 1. The Bertz CT molecular complexity index is 473. The third-order valence-electron chi connectivity index (χ3n) is 2.86. The van der Waals surface area contributed by atoms with Gasteiger partial charge in [0.15, 0.2) is 0 Å². The van der Waals surface area contributed by atoms with E-state index in [1.54, 1.807) is 11.0 Å². The van der Waals surface area contributed by atoms with E-state index in [1.807, 2.05) is 0 Å². The van der Waals surface area contributed by atoms with Gasteiger partial charge in [0.1, 0.15) is 11.9 Å². The number of anilines is 1. The minimum atomic E-state index is -0.572. The minimum Gasteiger partial charge on any atom is -0.369 e. The topological polar surface area (TPSA) is 100 Å². The number of pyridine rings is 1. The maximum atomic E-state index is 11.9. The first-order chi connectivity index (χ1) is 9.18. The van der Waals surface area contributed by atoms with Crippen LogP contribution >= 0.6 is 0 Å². The van der Waals surface area contributed by atoms with E-state index >= 15 is 0 Å². The Morgan fingerprint density at radius 2 is 2.26 bits per heavy atom. The van der Waals surface area contributed by atoms with Crippen LogP contribution < -0.4 is 10.6 Å². The first-order valence-electron chi connectivity index (χ1n) is 6.00. The Morgan fingerprint density at radius 3 is 2.95 bits per heavy atom. The van der Waals surface area contributed by atoms with E-state index in [0.29, 0.717) is 13.1 Å². The summed E-state index contributed by atoms with van der Waals surface area (Å²) in [6.07, 6.45) is 1.35. The molecule has 1 aromatic rings. The number of piperazine rings is 1. The number of hydrogen-bond acceptors (Lipinski definition) is 6. The smallest absolute Gasteiger partial charge is 0.369 e. The van der Waals surface area contributed by atoms with Crippen molar-refractivity contribution in [3.63, 3.8) is 0 Å². The van der Waals surface area contributed by atoms with Gasteiger partial charge in [-0.2, -0.15) is 0 Å². The van der Waals surface area contributed by atoms with Gasteiger partial charge in [-0.25, -0.2) is 0 Å². The zero-order valence-corrected chi connectivity index (χ0v) is 10.3. The lowest BCUT2D eigenvalue weighted by Crippen LogP contribution is -2.48. The highest BCUT2D eigenvalue weighted by Crippen LogP contribution is 2.19. The summed E-state index contributed by atoms with van der Waals surface area (Å²) < 4.78 is 0. The molecule has 2 N–H and O–H groups in total. The van der Waals surface area contributed by atoms with Crippen LogP contribution in [0, 0.1) is 10.1 Å². The van der Waals surface area contributed by atoms with E-state index < -0.39 is 4.92 Å². The molecule has 0 spiro atoms. The third kappa shape index (κ3) is 3.38. The second-order valence-electron chi connectivity index (χ2n) is 4.12. The van der Waals surface area contributed by atoms with E-state index in [2.05, 4.69) is 15.6 Å². The molecule has 1 aliphatic heterocycles. The molecule has 1 aliphatic rings. The van der Waals surface area contributed by atoms with Gasteiger partial charge >= 0.3 is 5.82 Å². The maximum Gasteiger partial charge on any atom is 0.386 e. The van der Waals surface area contributed by atoms with Gasteiger partial charge in [-0.1, -0.05) is 0 Å². The number of aromatic nitrogens is 1. The molecule has 0 unspecified atom stereocenters. The standard InChI is InChI=1S/C11H15N5O3/c17-10(15-6-4-12-5-7-15)8-14-9-2-1-3-13-11(9)16(18)19/h1-3,12,14H,4-8H2. The highest BCUT2D eigenvalue weighted by atomic mass is 16.6. The normalized spacial score (nSPS) is 15.1. The lowest BCUT2D eigenvalue weighted by Gasteiger charge is -2.27. The van der Waals surface area contributed by atoms with Crippen molar-refractivity contribution in [1.82, 2.24) is 15.2 Å². The van der Waals surface area contributed by atoms with Crippen molar-refractivity contribution in [2.75, 3.05) is 38.0 Å². The predicted molar refractivity (Wildman–Crippen MR) is 68.8 cm³/mol. The summed E-state index contributed by atoms with van der Waals surface area (Å²) in [5.74, 6) is -0.338. The Hall–Kier alpha value is -2.22. The van der Waals surface area contributed by atoms with Gasteiger partial charge in [0.2, 0.25) is 5.91 Å². The summed E-state index contributed by atoms with van der Waals surface area (Å²) in [5.41, 5.74) is 0.260. The van der Waals surface area contributed by atoms with Crippen molar-refractivity contribution in [2.45, 2.75) is 0 Å². The van der Waals surface area contributed by atoms with Crippen molar-refractivity contribution in [2.24, 2.45) is 0 Å². The van der Waals surface area contributed by atoms with Crippen LogP contribution in [0.1, 0.15) is 0 Å². The Morgan fingerprint density at radius 1 is 1.53 bits per heavy atom. The molecule has 1 aromatic heterocycles. The molecule has 0 radical (unpaired) electrons. The number of hydrogen-bond donors (Lipinski definition) is 2. The van der Waals surface area contributed by atoms with Gasteiger partial charge in [-0.15, -0.1) is 0 Å². The summed E-state index contributed by atoms with van der Waals surface area (Å²) in [5, 5.41) is 16.7. The summed E-state index contributed by atoms with van der Waals surface area (Å²) in [6, 6.07) is 3.13. The molecule has 1 fully saturated rings. The number of nitro groups is 1. The van der Waals surface area contributed by atoms with Crippen molar-refractivity contribution in [3.05, 3.63) is 28.4 Å². The molecule has 1 saturated heterocycles. The molecule has 0 aromatic carbocycles.